The van der Waals surface area contributed by atoms with E-state index in [4.69, 9.17) is 4.98 Å². The van der Waals surface area contributed by atoms with Gasteiger partial charge in [-0.1, -0.05) is 24.3 Å². The molecule has 1 aliphatic heterocycles. The molecule has 7 nitrogen and oxygen atoms in total. The lowest BCUT2D eigenvalue weighted by Crippen LogP contribution is -2.32. The summed E-state index contributed by atoms with van der Waals surface area (Å²) in [6, 6.07) is 12.1. The molecule has 35 heavy (non-hydrogen) atoms. The second kappa shape index (κ2) is 7.76. The predicted molar refractivity (Wildman–Crippen MR) is 125 cm³/mol. The van der Waals surface area contributed by atoms with Crippen molar-refractivity contribution < 1.29 is 13.6 Å². The first-order valence-corrected chi connectivity index (χ1v) is 10.9. The summed E-state index contributed by atoms with van der Waals surface area (Å²) in [5, 5.41) is 2.84. The van der Waals surface area contributed by atoms with Crippen molar-refractivity contribution in [2.75, 3.05) is 5.32 Å². The number of benzene rings is 2. The number of carbonyl (C=O) groups is 1. The average Bonchev–Trinajstić information content (AvgIpc) is 3.43. The second-order valence-corrected chi connectivity index (χ2v) is 8.58. The van der Waals surface area contributed by atoms with E-state index in [0.29, 0.717) is 46.2 Å². The Bertz CT molecular complexity index is 1600. The van der Waals surface area contributed by atoms with E-state index in [2.05, 4.69) is 20.3 Å². The van der Waals surface area contributed by atoms with Gasteiger partial charge in [-0.3, -0.25) is 4.79 Å². The zero-order valence-corrected chi connectivity index (χ0v) is 18.5. The molecule has 1 atom stereocenters. The highest BCUT2D eigenvalue weighted by atomic mass is 19.1. The molecule has 1 amide bonds. The van der Waals surface area contributed by atoms with Crippen molar-refractivity contribution >= 4 is 17.4 Å². The Balaban J connectivity index is 1.41. The zero-order chi connectivity index (χ0) is 24.2. The summed E-state index contributed by atoms with van der Waals surface area (Å²) in [6.07, 6.45) is 7.30. The van der Waals surface area contributed by atoms with Crippen LogP contribution in [0.25, 0.3) is 17.2 Å². The number of halogens is 2. The molecule has 0 saturated heterocycles. The minimum Gasteiger partial charge on any atom is -0.309 e. The topological polar surface area (TPSA) is 85.1 Å². The summed E-state index contributed by atoms with van der Waals surface area (Å²) < 4.78 is 28.6. The monoisotopic (exact) mass is 468 g/mol. The van der Waals surface area contributed by atoms with E-state index in [0.717, 1.165) is 5.56 Å². The summed E-state index contributed by atoms with van der Waals surface area (Å²) >= 11 is 0. The molecule has 0 aliphatic carbocycles. The molecule has 172 valence electrons. The lowest BCUT2D eigenvalue weighted by Gasteiger charge is -2.22. The van der Waals surface area contributed by atoms with Gasteiger partial charge in [0, 0.05) is 36.8 Å². The molecule has 3 aromatic heterocycles. The van der Waals surface area contributed by atoms with Crippen molar-refractivity contribution in [3.8, 4) is 11.5 Å². The van der Waals surface area contributed by atoms with Gasteiger partial charge in [0.15, 0.2) is 11.5 Å². The Morgan fingerprint density at radius 2 is 1.69 bits per heavy atom. The molecule has 6 rings (SSSR count). The predicted octanol–water partition coefficient (Wildman–Crippen LogP) is 4.31. The summed E-state index contributed by atoms with van der Waals surface area (Å²) in [5.41, 5.74) is 2.95. The van der Waals surface area contributed by atoms with Crippen molar-refractivity contribution in [2.24, 2.45) is 0 Å². The van der Waals surface area contributed by atoms with Gasteiger partial charge in [0.05, 0.1) is 5.69 Å². The first kappa shape index (κ1) is 21.0. The normalized spacial score (nSPS) is 16.9. The van der Waals surface area contributed by atoms with Gasteiger partial charge in [-0.25, -0.2) is 28.7 Å². The molecule has 4 heterocycles. The summed E-state index contributed by atoms with van der Waals surface area (Å²) in [6.45, 7) is 1.76. The van der Waals surface area contributed by atoms with E-state index in [1.165, 1.54) is 24.3 Å². The van der Waals surface area contributed by atoms with E-state index in [9.17, 15) is 13.6 Å². The van der Waals surface area contributed by atoms with E-state index < -0.39 is 5.41 Å². The van der Waals surface area contributed by atoms with Crippen molar-refractivity contribution in [3.05, 3.63) is 107 Å². The number of hydrogen-bond acceptors (Lipinski definition) is 5. The SMILES string of the molecule is CC1(c2ccc(F)cc2)C(=O)Nc2nc(-c3cn4ccnc4c(Cc4ccc(F)cc4)n3)ncc21. The first-order valence-electron chi connectivity index (χ1n) is 10.9. The molecule has 0 radical (unpaired) electrons. The molecule has 2 aromatic carbocycles. The van der Waals surface area contributed by atoms with Crippen LogP contribution in [0.5, 0.6) is 0 Å². The maximum Gasteiger partial charge on any atom is 0.240 e. The summed E-state index contributed by atoms with van der Waals surface area (Å²) in [5.74, 6) is -0.217. The van der Waals surface area contributed by atoms with Gasteiger partial charge in [0.1, 0.15) is 28.6 Å². The lowest BCUT2D eigenvalue weighted by atomic mass is 9.78. The zero-order valence-electron chi connectivity index (χ0n) is 18.5. The van der Waals surface area contributed by atoms with Crippen LogP contribution in [0.1, 0.15) is 29.3 Å². The summed E-state index contributed by atoms with van der Waals surface area (Å²) in [4.78, 5) is 31.3. The summed E-state index contributed by atoms with van der Waals surface area (Å²) in [7, 11) is 0. The van der Waals surface area contributed by atoms with E-state index in [1.807, 2.05) is 4.40 Å². The van der Waals surface area contributed by atoms with Gasteiger partial charge < -0.3 is 9.72 Å². The van der Waals surface area contributed by atoms with E-state index in [1.54, 1.807) is 56.0 Å². The molecule has 0 bridgehead atoms. The fourth-order valence-corrected chi connectivity index (χ4v) is 4.41. The smallest absolute Gasteiger partial charge is 0.240 e. The van der Waals surface area contributed by atoms with Crippen molar-refractivity contribution in [2.45, 2.75) is 18.8 Å². The highest BCUT2D eigenvalue weighted by molar-refractivity contribution is 6.07. The van der Waals surface area contributed by atoms with Gasteiger partial charge in [0.25, 0.3) is 0 Å². The Kier molecular flexibility index (Phi) is 4.67. The highest BCUT2D eigenvalue weighted by Crippen LogP contribution is 2.41. The third-order valence-corrected chi connectivity index (χ3v) is 6.39. The Hall–Kier alpha value is -4.53. The molecule has 1 unspecified atom stereocenters. The molecular formula is C26H18F2N6O. The second-order valence-electron chi connectivity index (χ2n) is 8.58. The number of aromatic nitrogens is 5. The minimum absolute atomic E-state index is 0.263. The maximum atomic E-state index is 13.5. The van der Waals surface area contributed by atoms with E-state index >= 15 is 0 Å². The standard InChI is InChI=1S/C26H18F2N6O/c1-26(16-4-8-18(28)9-5-16)19-13-30-23(32-22(19)33-25(26)35)21-14-34-11-10-29-24(34)20(31-21)12-15-2-6-17(27)7-3-15/h2-11,13-14H,12H2,1H3,(H,30,32,33,35). The van der Waals surface area contributed by atoms with Gasteiger partial charge in [-0.15, -0.1) is 0 Å². The fourth-order valence-electron chi connectivity index (χ4n) is 4.41. The largest absolute Gasteiger partial charge is 0.309 e. The van der Waals surface area contributed by atoms with Crippen molar-refractivity contribution in [3.63, 3.8) is 0 Å². The van der Waals surface area contributed by atoms with Gasteiger partial charge in [-0.2, -0.15) is 0 Å². The number of nitrogens with zero attached hydrogens (tertiary/aromatic N) is 5. The van der Waals surface area contributed by atoms with Crippen LogP contribution in [0, 0.1) is 11.6 Å². The van der Waals surface area contributed by atoms with Crippen LogP contribution in [0.4, 0.5) is 14.6 Å². The van der Waals surface area contributed by atoms with Crippen LogP contribution < -0.4 is 5.32 Å². The minimum atomic E-state index is -1.04. The number of anilines is 1. The van der Waals surface area contributed by atoms with Crippen molar-refractivity contribution in [1.29, 1.82) is 0 Å². The van der Waals surface area contributed by atoms with Gasteiger partial charge >= 0.3 is 0 Å². The lowest BCUT2D eigenvalue weighted by molar-refractivity contribution is -0.119. The Morgan fingerprint density at radius 3 is 2.43 bits per heavy atom. The van der Waals surface area contributed by atoms with Crippen LogP contribution in [0.2, 0.25) is 0 Å². The molecule has 0 saturated carbocycles. The van der Waals surface area contributed by atoms with Crippen LogP contribution in [-0.2, 0) is 16.6 Å². The Labute approximate surface area is 198 Å². The van der Waals surface area contributed by atoms with E-state index in [-0.39, 0.29) is 17.5 Å². The van der Waals surface area contributed by atoms with Crippen LogP contribution >= 0.6 is 0 Å². The number of hydrogen-bond donors (Lipinski definition) is 1. The molecule has 1 N–H and O–H groups in total. The van der Waals surface area contributed by atoms with Crippen molar-refractivity contribution in [1.82, 2.24) is 24.3 Å². The number of amides is 1. The van der Waals surface area contributed by atoms with Crippen LogP contribution in [0.15, 0.2) is 73.3 Å². The van der Waals surface area contributed by atoms with Crippen LogP contribution in [0.3, 0.4) is 0 Å². The number of carbonyl (C=O) groups excluding carboxylic acids is 1. The molecular weight excluding hydrogens is 450 g/mol. The molecule has 0 fully saturated rings. The third-order valence-electron chi connectivity index (χ3n) is 6.39. The molecule has 0 spiro atoms. The van der Waals surface area contributed by atoms with Gasteiger partial charge in [0.2, 0.25) is 5.91 Å². The molecule has 1 aliphatic rings. The first-order chi connectivity index (χ1) is 16.9. The fraction of sp³-hybridized carbons (Fsp3) is 0.115. The van der Waals surface area contributed by atoms with Gasteiger partial charge in [-0.05, 0) is 42.3 Å². The number of imidazole rings is 1. The molecule has 9 heteroatoms. The third kappa shape index (κ3) is 3.43. The maximum absolute atomic E-state index is 13.5. The van der Waals surface area contributed by atoms with Crippen LogP contribution in [-0.4, -0.2) is 30.2 Å². The quantitative estimate of drug-likeness (QED) is 0.425. The Morgan fingerprint density at radius 1 is 0.971 bits per heavy atom. The molecule has 5 aromatic rings. The average molecular weight is 468 g/mol. The number of fused-ring (bicyclic) bond motifs is 2. The number of nitrogens with one attached hydrogen (secondary N) is 1. The number of rotatable bonds is 4. The highest BCUT2D eigenvalue weighted by Gasteiger charge is 2.45.